The molecule has 2 heterocycles. The molecule has 0 radical (unpaired) electrons. The van der Waals surface area contributed by atoms with Crippen molar-refractivity contribution in [2.24, 2.45) is 0 Å². The van der Waals surface area contributed by atoms with Crippen molar-refractivity contribution in [3.05, 3.63) is 59.7 Å². The van der Waals surface area contributed by atoms with Crippen LogP contribution in [0.3, 0.4) is 0 Å². The summed E-state index contributed by atoms with van der Waals surface area (Å²) in [6.45, 7) is 1.49. The predicted molar refractivity (Wildman–Crippen MR) is 101 cm³/mol. The zero-order valence-electron chi connectivity index (χ0n) is 14.4. The Balaban J connectivity index is 1.38. The van der Waals surface area contributed by atoms with Crippen LogP contribution in [0.4, 0.5) is 11.4 Å². The molecule has 132 valence electrons. The van der Waals surface area contributed by atoms with Gasteiger partial charge in [0.2, 0.25) is 11.8 Å². The van der Waals surface area contributed by atoms with Gasteiger partial charge in [0.05, 0.1) is 6.61 Å². The van der Waals surface area contributed by atoms with Crippen LogP contribution < -0.4 is 15.0 Å². The summed E-state index contributed by atoms with van der Waals surface area (Å²) >= 11 is 0. The predicted octanol–water partition coefficient (Wildman–Crippen LogP) is 3.40. The van der Waals surface area contributed by atoms with Crippen molar-refractivity contribution >= 4 is 29.3 Å². The van der Waals surface area contributed by atoms with E-state index in [4.69, 9.17) is 4.74 Å². The number of amides is 2. The summed E-state index contributed by atoms with van der Waals surface area (Å²) in [6, 6.07) is 13.3. The van der Waals surface area contributed by atoms with Crippen molar-refractivity contribution in [3.63, 3.8) is 0 Å². The lowest BCUT2D eigenvalue weighted by Crippen LogP contribution is -2.23. The molecule has 0 bridgehead atoms. The average molecular weight is 348 g/mol. The third kappa shape index (κ3) is 3.47. The fraction of sp³-hybridized carbons (Fsp3) is 0.238. The van der Waals surface area contributed by atoms with Crippen LogP contribution in [0.1, 0.15) is 24.0 Å². The van der Waals surface area contributed by atoms with Gasteiger partial charge >= 0.3 is 0 Å². The molecule has 0 aromatic heterocycles. The zero-order chi connectivity index (χ0) is 17.9. The number of nitrogens with one attached hydrogen (secondary N) is 1. The second-order valence-corrected chi connectivity index (χ2v) is 6.48. The van der Waals surface area contributed by atoms with Crippen molar-refractivity contribution < 1.29 is 14.3 Å². The number of rotatable bonds is 4. The van der Waals surface area contributed by atoms with Crippen molar-refractivity contribution in [1.29, 1.82) is 0 Å². The molecule has 5 heteroatoms. The van der Waals surface area contributed by atoms with Crippen LogP contribution in [0.2, 0.25) is 0 Å². The van der Waals surface area contributed by atoms with Gasteiger partial charge in [-0.25, -0.2) is 0 Å². The highest BCUT2D eigenvalue weighted by Gasteiger charge is 2.21. The molecule has 2 aliphatic heterocycles. The van der Waals surface area contributed by atoms with E-state index in [1.54, 1.807) is 11.0 Å². The van der Waals surface area contributed by atoms with Gasteiger partial charge in [-0.05, 0) is 60.0 Å². The zero-order valence-corrected chi connectivity index (χ0v) is 14.4. The molecule has 1 saturated heterocycles. The first kappa shape index (κ1) is 16.4. The van der Waals surface area contributed by atoms with Crippen LogP contribution in [-0.4, -0.2) is 25.0 Å². The molecule has 0 spiro atoms. The van der Waals surface area contributed by atoms with E-state index in [0.717, 1.165) is 43.0 Å². The van der Waals surface area contributed by atoms with Crippen LogP contribution in [0.15, 0.2) is 48.5 Å². The minimum Gasteiger partial charge on any atom is -0.493 e. The number of anilines is 2. The third-order valence-electron chi connectivity index (χ3n) is 4.66. The molecule has 5 nitrogen and oxygen atoms in total. The lowest BCUT2D eigenvalue weighted by Gasteiger charge is -2.15. The highest BCUT2D eigenvalue weighted by Crippen LogP contribution is 2.26. The monoisotopic (exact) mass is 348 g/mol. The van der Waals surface area contributed by atoms with Gasteiger partial charge in [-0.2, -0.15) is 0 Å². The number of carbonyl (C=O) groups excluding carboxylic acids is 2. The molecule has 4 rings (SSSR count). The Kier molecular flexibility index (Phi) is 4.44. The molecule has 2 aromatic carbocycles. The highest BCUT2D eigenvalue weighted by molar-refractivity contribution is 6.02. The summed E-state index contributed by atoms with van der Waals surface area (Å²) in [4.78, 5) is 25.7. The normalized spacial score (nSPS) is 16.0. The second kappa shape index (κ2) is 7.04. The van der Waals surface area contributed by atoms with Gasteiger partial charge in [0.15, 0.2) is 0 Å². The first-order valence-corrected chi connectivity index (χ1v) is 8.84. The van der Waals surface area contributed by atoms with Gasteiger partial charge < -0.3 is 15.0 Å². The standard InChI is InChI=1S/C21H20N2O3/c24-20(10-4-15-3-9-19-16(14-15)11-13-26-19)22-17-5-7-18(8-6-17)23-12-1-2-21(23)25/h3-10,14H,1-2,11-13H2,(H,22,24)/b10-4+. The summed E-state index contributed by atoms with van der Waals surface area (Å²) in [5, 5.41) is 2.84. The van der Waals surface area contributed by atoms with Crippen molar-refractivity contribution in [2.45, 2.75) is 19.3 Å². The largest absolute Gasteiger partial charge is 0.493 e. The summed E-state index contributed by atoms with van der Waals surface area (Å²) in [5.41, 5.74) is 3.74. The minimum absolute atomic E-state index is 0.157. The fourth-order valence-electron chi connectivity index (χ4n) is 3.31. The van der Waals surface area contributed by atoms with Crippen molar-refractivity contribution in [3.8, 4) is 5.75 Å². The maximum Gasteiger partial charge on any atom is 0.248 e. The molecule has 1 N–H and O–H groups in total. The number of ether oxygens (including phenoxy) is 1. The number of benzene rings is 2. The minimum atomic E-state index is -0.188. The molecule has 0 unspecified atom stereocenters. The third-order valence-corrected chi connectivity index (χ3v) is 4.66. The molecule has 0 saturated carbocycles. The molecule has 2 amide bonds. The Hall–Kier alpha value is -3.08. The van der Waals surface area contributed by atoms with Gasteiger partial charge in [-0.1, -0.05) is 6.07 Å². The molecule has 0 atom stereocenters. The second-order valence-electron chi connectivity index (χ2n) is 6.48. The SMILES string of the molecule is O=C(/C=C/c1ccc2c(c1)CCO2)Nc1ccc(N2CCCC2=O)cc1. The summed E-state index contributed by atoms with van der Waals surface area (Å²) < 4.78 is 5.48. The van der Waals surface area contributed by atoms with Crippen LogP contribution in [0.5, 0.6) is 5.75 Å². The van der Waals surface area contributed by atoms with Crippen molar-refractivity contribution in [2.75, 3.05) is 23.4 Å². The van der Waals surface area contributed by atoms with Gasteiger partial charge in [-0.15, -0.1) is 0 Å². The van der Waals surface area contributed by atoms with E-state index < -0.39 is 0 Å². The number of fused-ring (bicyclic) bond motifs is 1. The molecular weight excluding hydrogens is 328 g/mol. The Morgan fingerprint density at radius 2 is 1.96 bits per heavy atom. The maximum absolute atomic E-state index is 12.1. The molecular formula is C21H20N2O3. The average Bonchev–Trinajstić information content (AvgIpc) is 3.29. The lowest BCUT2D eigenvalue weighted by atomic mass is 10.1. The van der Waals surface area contributed by atoms with Gasteiger partial charge in [0.1, 0.15) is 5.75 Å². The summed E-state index contributed by atoms with van der Waals surface area (Å²) in [7, 11) is 0. The number of nitrogens with zero attached hydrogens (tertiary/aromatic N) is 1. The van der Waals surface area contributed by atoms with E-state index in [9.17, 15) is 9.59 Å². The summed E-state index contributed by atoms with van der Waals surface area (Å²) in [6.07, 6.45) is 5.74. The van der Waals surface area contributed by atoms with Crippen molar-refractivity contribution in [1.82, 2.24) is 0 Å². The Morgan fingerprint density at radius 3 is 2.73 bits per heavy atom. The lowest BCUT2D eigenvalue weighted by molar-refractivity contribution is -0.117. The molecule has 26 heavy (non-hydrogen) atoms. The van der Waals surface area contributed by atoms with Crippen LogP contribution in [-0.2, 0) is 16.0 Å². The fourth-order valence-corrected chi connectivity index (χ4v) is 3.31. The Labute approximate surface area is 152 Å². The molecule has 1 fully saturated rings. The molecule has 0 aliphatic carbocycles. The van der Waals surface area contributed by atoms with Crippen LogP contribution >= 0.6 is 0 Å². The summed E-state index contributed by atoms with van der Waals surface area (Å²) in [5.74, 6) is 0.902. The number of carbonyl (C=O) groups is 2. The smallest absolute Gasteiger partial charge is 0.248 e. The topological polar surface area (TPSA) is 58.6 Å². The maximum atomic E-state index is 12.1. The van der Waals surface area contributed by atoms with E-state index in [1.807, 2.05) is 42.5 Å². The molecule has 2 aliphatic rings. The van der Waals surface area contributed by atoms with Gasteiger partial charge in [0.25, 0.3) is 0 Å². The Morgan fingerprint density at radius 1 is 1.12 bits per heavy atom. The highest BCUT2D eigenvalue weighted by atomic mass is 16.5. The first-order chi connectivity index (χ1) is 12.7. The number of hydrogen-bond donors (Lipinski definition) is 1. The van der Waals surface area contributed by atoms with Crippen LogP contribution in [0, 0.1) is 0 Å². The van der Waals surface area contributed by atoms with Gasteiger partial charge in [0, 0.05) is 36.8 Å². The molecule has 2 aromatic rings. The van der Waals surface area contributed by atoms with Crippen LogP contribution in [0.25, 0.3) is 6.08 Å². The first-order valence-electron chi connectivity index (χ1n) is 8.84. The Bertz CT molecular complexity index is 871. The van der Waals surface area contributed by atoms with Gasteiger partial charge in [-0.3, -0.25) is 9.59 Å². The quantitative estimate of drug-likeness (QED) is 0.862. The van der Waals surface area contributed by atoms with E-state index in [2.05, 4.69) is 5.32 Å². The van der Waals surface area contributed by atoms with E-state index >= 15 is 0 Å². The van der Waals surface area contributed by atoms with E-state index in [-0.39, 0.29) is 11.8 Å². The van der Waals surface area contributed by atoms with E-state index in [1.165, 1.54) is 11.6 Å². The number of hydrogen-bond acceptors (Lipinski definition) is 3. The van der Waals surface area contributed by atoms with E-state index in [0.29, 0.717) is 12.1 Å².